The molecule has 1 saturated carbocycles. The number of nitrogens with zero attached hydrogens (tertiary/aromatic N) is 1. The van der Waals surface area contributed by atoms with Crippen LogP contribution in [-0.4, -0.2) is 33.6 Å². The average Bonchev–Trinajstić information content (AvgIpc) is 3.38. The van der Waals surface area contributed by atoms with Crippen molar-refractivity contribution in [2.45, 2.75) is 35.8 Å². The van der Waals surface area contributed by atoms with Crippen LogP contribution in [-0.2, 0) is 26.7 Å². The Balaban J connectivity index is 2.03. The van der Waals surface area contributed by atoms with Gasteiger partial charge in [-0.2, -0.15) is 5.10 Å². The Kier molecular flexibility index (Phi) is 5.04. The zero-order valence-electron chi connectivity index (χ0n) is 15.4. The molecule has 0 radical (unpaired) electrons. The number of alkyl halides is 2. The van der Waals surface area contributed by atoms with E-state index in [1.807, 2.05) is 0 Å². The number of aromatic amines is 1. The lowest BCUT2D eigenvalue weighted by Gasteiger charge is -2.14. The Morgan fingerprint density at radius 2 is 2.00 bits per heavy atom. The molecule has 1 aliphatic rings. The highest BCUT2D eigenvalue weighted by Gasteiger charge is 2.31. The van der Waals surface area contributed by atoms with Crippen molar-refractivity contribution in [3.8, 4) is 11.1 Å². The third kappa shape index (κ3) is 3.84. The van der Waals surface area contributed by atoms with Crippen molar-refractivity contribution in [3.63, 3.8) is 0 Å². The molecule has 1 unspecified atom stereocenters. The summed E-state index contributed by atoms with van der Waals surface area (Å²) >= 11 is -2.27. The van der Waals surface area contributed by atoms with Crippen molar-refractivity contribution in [1.82, 2.24) is 10.2 Å². The molecule has 0 bridgehead atoms. The van der Waals surface area contributed by atoms with Crippen LogP contribution in [0, 0.1) is 0 Å². The minimum atomic E-state index is -3.65. The Morgan fingerprint density at radius 1 is 1.28 bits per heavy atom. The molecule has 1 aromatic heterocycles. The van der Waals surface area contributed by atoms with Crippen LogP contribution in [0.4, 0.5) is 8.78 Å². The van der Waals surface area contributed by atoms with Gasteiger partial charge in [-0.3, -0.25) is 5.10 Å². The Hall–Kier alpha value is -2.17. The Bertz CT molecular complexity index is 1230. The molecular weight excluding hydrogens is 422 g/mol. The fraction of sp³-hybridized carbons (Fsp3) is 0.316. The molecule has 1 fully saturated rings. The number of halogens is 2. The molecule has 2 N–H and O–H groups in total. The molecular formula is C19H18F2N2O4S2. The van der Waals surface area contributed by atoms with Gasteiger partial charge in [-0.25, -0.2) is 21.4 Å². The summed E-state index contributed by atoms with van der Waals surface area (Å²) in [5.41, 5.74) is 1.67. The van der Waals surface area contributed by atoms with Gasteiger partial charge in [-0.15, -0.1) is 0 Å². The lowest BCUT2D eigenvalue weighted by Crippen LogP contribution is -2.03. The van der Waals surface area contributed by atoms with E-state index in [4.69, 9.17) is 4.55 Å². The quantitative estimate of drug-likeness (QED) is 0.561. The fourth-order valence-electron chi connectivity index (χ4n) is 3.60. The Labute approximate surface area is 168 Å². The van der Waals surface area contributed by atoms with E-state index in [9.17, 15) is 21.4 Å². The third-order valence-electron chi connectivity index (χ3n) is 5.04. The second kappa shape index (κ2) is 7.26. The van der Waals surface area contributed by atoms with Crippen LogP contribution in [0.3, 0.4) is 0 Å². The minimum absolute atomic E-state index is 0.0343. The maximum atomic E-state index is 13.7. The van der Waals surface area contributed by atoms with Crippen LogP contribution in [0.15, 0.2) is 35.2 Å². The number of hydrogen-bond acceptors (Lipinski definition) is 4. The average molecular weight is 440 g/mol. The van der Waals surface area contributed by atoms with Gasteiger partial charge in [-0.05, 0) is 42.2 Å². The molecule has 0 saturated heterocycles. The monoisotopic (exact) mass is 440 g/mol. The second-order valence-electron chi connectivity index (χ2n) is 7.20. The molecule has 1 heterocycles. The van der Waals surface area contributed by atoms with E-state index in [1.54, 1.807) is 6.07 Å². The molecule has 2 aromatic carbocycles. The molecule has 4 rings (SSSR count). The highest BCUT2D eigenvalue weighted by Crippen LogP contribution is 2.46. The topological polar surface area (TPSA) is 100 Å². The van der Waals surface area contributed by atoms with Gasteiger partial charge >= 0.3 is 0 Å². The molecule has 29 heavy (non-hydrogen) atoms. The number of rotatable bonds is 6. The van der Waals surface area contributed by atoms with Gasteiger partial charge in [0.05, 0.1) is 16.2 Å². The molecule has 154 valence electrons. The summed E-state index contributed by atoms with van der Waals surface area (Å²) in [4.78, 5) is 0.0343. The number of H-pyrrole nitrogens is 1. The minimum Gasteiger partial charge on any atom is -0.306 e. The summed E-state index contributed by atoms with van der Waals surface area (Å²) in [7, 11) is -3.65. The number of sulfone groups is 1. The van der Waals surface area contributed by atoms with Gasteiger partial charge in [-0.1, -0.05) is 12.1 Å². The highest BCUT2D eigenvalue weighted by atomic mass is 32.2. The number of fused-ring (bicyclic) bond motifs is 1. The van der Waals surface area contributed by atoms with E-state index < -0.39 is 38.7 Å². The first kappa shape index (κ1) is 20.1. The SMILES string of the molecule is CS(=O)(=O)c1ccc2n[nH]c(C3CC3)c2c1-c1ccc(CS(=O)O)c(C(F)F)c1. The smallest absolute Gasteiger partial charge is 0.264 e. The standard InChI is InChI=1S/C19H18F2N2O4S2/c1-29(26,27)15-7-6-14-17(18(23-22-14)10-2-3-10)16(15)11-4-5-12(9-28(24)25)13(8-11)19(20)21/h4-8,10,19H,2-3,9H2,1H3,(H,22,23)(H,24,25). The van der Waals surface area contributed by atoms with E-state index in [1.165, 1.54) is 24.3 Å². The first-order valence-corrected chi connectivity index (χ1v) is 12.0. The fourth-order valence-corrected chi connectivity index (χ4v) is 5.03. The van der Waals surface area contributed by atoms with Crippen molar-refractivity contribution in [2.24, 2.45) is 0 Å². The predicted octanol–water partition coefficient (Wildman–Crippen LogP) is 4.17. The van der Waals surface area contributed by atoms with Crippen LogP contribution in [0.1, 0.15) is 42.0 Å². The van der Waals surface area contributed by atoms with E-state index in [2.05, 4.69) is 10.2 Å². The van der Waals surface area contributed by atoms with Gasteiger partial charge in [0.15, 0.2) is 20.9 Å². The lowest BCUT2D eigenvalue weighted by molar-refractivity contribution is 0.150. The van der Waals surface area contributed by atoms with Crippen molar-refractivity contribution in [1.29, 1.82) is 0 Å². The first-order chi connectivity index (χ1) is 13.7. The second-order valence-corrected chi connectivity index (χ2v) is 10.1. The van der Waals surface area contributed by atoms with Crippen molar-refractivity contribution in [3.05, 3.63) is 47.2 Å². The van der Waals surface area contributed by atoms with Crippen LogP contribution in [0.25, 0.3) is 22.0 Å². The summed E-state index contributed by atoms with van der Waals surface area (Å²) in [6.07, 6.45) is 0.0973. The van der Waals surface area contributed by atoms with E-state index in [-0.39, 0.29) is 16.4 Å². The maximum Gasteiger partial charge on any atom is 0.264 e. The normalized spacial score (nSPS) is 15.9. The molecule has 0 aliphatic heterocycles. The first-order valence-electron chi connectivity index (χ1n) is 8.86. The van der Waals surface area contributed by atoms with E-state index in [0.717, 1.165) is 24.8 Å². The highest BCUT2D eigenvalue weighted by molar-refractivity contribution is 7.90. The zero-order chi connectivity index (χ0) is 20.9. The van der Waals surface area contributed by atoms with Gasteiger partial charge < -0.3 is 4.55 Å². The van der Waals surface area contributed by atoms with Gasteiger partial charge in [0.1, 0.15) is 0 Å². The summed E-state index contributed by atoms with van der Waals surface area (Å²) in [6, 6.07) is 7.12. The Morgan fingerprint density at radius 3 is 2.59 bits per heavy atom. The molecule has 0 amide bonds. The number of aromatic nitrogens is 2. The van der Waals surface area contributed by atoms with E-state index in [0.29, 0.717) is 22.0 Å². The van der Waals surface area contributed by atoms with E-state index >= 15 is 0 Å². The third-order valence-corrected chi connectivity index (χ3v) is 6.74. The van der Waals surface area contributed by atoms with Crippen LogP contribution in [0.5, 0.6) is 0 Å². The van der Waals surface area contributed by atoms with Crippen molar-refractivity contribution < 1.29 is 26.0 Å². The molecule has 3 aromatic rings. The predicted molar refractivity (Wildman–Crippen MR) is 106 cm³/mol. The number of nitrogens with one attached hydrogen (secondary N) is 1. The summed E-state index contributed by atoms with van der Waals surface area (Å²) in [5.74, 6) is -0.193. The van der Waals surface area contributed by atoms with Gasteiger partial charge in [0.25, 0.3) is 6.43 Å². The molecule has 6 nitrogen and oxygen atoms in total. The molecule has 0 spiro atoms. The van der Waals surface area contributed by atoms with Crippen LogP contribution >= 0.6 is 0 Å². The molecule has 1 aliphatic carbocycles. The summed E-state index contributed by atoms with van der Waals surface area (Å²) < 4.78 is 72.5. The van der Waals surface area contributed by atoms with Gasteiger partial charge in [0, 0.05) is 34.4 Å². The largest absolute Gasteiger partial charge is 0.306 e. The van der Waals surface area contributed by atoms with Crippen molar-refractivity contribution in [2.75, 3.05) is 6.26 Å². The zero-order valence-corrected chi connectivity index (χ0v) is 17.0. The van der Waals surface area contributed by atoms with Crippen molar-refractivity contribution >= 4 is 31.8 Å². The molecule has 1 atom stereocenters. The number of benzene rings is 2. The molecule has 10 heteroatoms. The van der Waals surface area contributed by atoms with Gasteiger partial charge in [0.2, 0.25) is 0 Å². The van der Waals surface area contributed by atoms with Crippen LogP contribution in [0.2, 0.25) is 0 Å². The lowest BCUT2D eigenvalue weighted by atomic mass is 9.95. The van der Waals surface area contributed by atoms with Crippen LogP contribution < -0.4 is 0 Å². The maximum absolute atomic E-state index is 13.7. The summed E-state index contributed by atoms with van der Waals surface area (Å²) in [6.45, 7) is 0. The summed E-state index contributed by atoms with van der Waals surface area (Å²) in [5, 5.41) is 7.86. The number of hydrogen-bond donors (Lipinski definition) is 2.